The molecule has 2 heteroatoms. The van der Waals surface area contributed by atoms with E-state index in [0.717, 1.165) is 5.92 Å². The second-order valence-corrected chi connectivity index (χ2v) is 10.1. The molecule has 2 nitrogen and oxygen atoms in total. The van der Waals surface area contributed by atoms with Crippen LogP contribution < -0.4 is 5.32 Å². The van der Waals surface area contributed by atoms with Gasteiger partial charge in [0, 0.05) is 17.1 Å². The van der Waals surface area contributed by atoms with Gasteiger partial charge in [-0.25, -0.2) is 0 Å². The largest absolute Gasteiger partial charge is 0.295 e. The van der Waals surface area contributed by atoms with Crippen LogP contribution in [-0.4, -0.2) is 28.2 Å². The summed E-state index contributed by atoms with van der Waals surface area (Å²) >= 11 is 0. The van der Waals surface area contributed by atoms with Gasteiger partial charge in [0.05, 0.1) is 6.17 Å². The standard InChI is InChI=1S/C21H42N2/c1-10-16(19(4,5)6)20(7,8)23-17-14-12-13-15(3)21(17,9)22-18(23)11-2/h15-18,22H,10-14H2,1-9H3/t15?,16?,17-,18?,21?/m1/s1. The van der Waals surface area contributed by atoms with E-state index in [1.165, 1.54) is 32.1 Å². The Hall–Kier alpha value is -0.0800. The van der Waals surface area contributed by atoms with Gasteiger partial charge in [0.25, 0.3) is 0 Å². The number of nitrogens with zero attached hydrogens (tertiary/aromatic N) is 1. The van der Waals surface area contributed by atoms with Crippen molar-refractivity contribution in [3.05, 3.63) is 0 Å². The Morgan fingerprint density at radius 2 is 1.74 bits per heavy atom. The van der Waals surface area contributed by atoms with Gasteiger partial charge >= 0.3 is 0 Å². The van der Waals surface area contributed by atoms with Crippen molar-refractivity contribution < 1.29 is 0 Å². The minimum absolute atomic E-state index is 0.222. The van der Waals surface area contributed by atoms with Gasteiger partial charge < -0.3 is 0 Å². The second-order valence-electron chi connectivity index (χ2n) is 10.1. The Morgan fingerprint density at radius 1 is 1.13 bits per heavy atom. The fraction of sp³-hybridized carbons (Fsp3) is 1.00. The summed E-state index contributed by atoms with van der Waals surface area (Å²) in [6.07, 6.45) is 7.09. The molecule has 23 heavy (non-hydrogen) atoms. The molecule has 0 aromatic heterocycles. The first-order chi connectivity index (χ1) is 10.5. The summed E-state index contributed by atoms with van der Waals surface area (Å²) in [4.78, 5) is 2.90. The van der Waals surface area contributed by atoms with E-state index in [1.807, 2.05) is 0 Å². The Balaban J connectivity index is 2.42. The molecular weight excluding hydrogens is 280 g/mol. The van der Waals surface area contributed by atoms with Crippen molar-refractivity contribution >= 4 is 0 Å². The first-order valence-corrected chi connectivity index (χ1v) is 10.1. The molecule has 0 amide bonds. The molecule has 2 fully saturated rings. The molecule has 0 aromatic rings. The maximum Gasteiger partial charge on any atom is 0.0607 e. The van der Waals surface area contributed by atoms with E-state index in [9.17, 15) is 0 Å². The van der Waals surface area contributed by atoms with E-state index in [4.69, 9.17) is 0 Å². The van der Waals surface area contributed by atoms with Crippen LogP contribution in [0.1, 0.15) is 94.4 Å². The van der Waals surface area contributed by atoms with Crippen molar-refractivity contribution in [1.82, 2.24) is 10.2 Å². The molecule has 4 unspecified atom stereocenters. The molecule has 136 valence electrons. The van der Waals surface area contributed by atoms with Crippen molar-refractivity contribution in [2.75, 3.05) is 0 Å². The van der Waals surface area contributed by atoms with E-state index in [-0.39, 0.29) is 11.1 Å². The summed E-state index contributed by atoms with van der Waals surface area (Å²) in [5, 5.41) is 4.08. The normalized spacial score (nSPS) is 37.7. The SMILES string of the molecule is CCC1NC2(C)C(C)CCC[C@H]2N1C(C)(C)C(CC)C(C)(C)C. The maximum atomic E-state index is 4.08. The van der Waals surface area contributed by atoms with E-state index in [1.54, 1.807) is 0 Å². The van der Waals surface area contributed by atoms with Gasteiger partial charge in [-0.1, -0.05) is 54.4 Å². The van der Waals surface area contributed by atoms with E-state index in [0.29, 0.717) is 23.5 Å². The van der Waals surface area contributed by atoms with Crippen molar-refractivity contribution in [3.8, 4) is 0 Å². The third-order valence-electron chi connectivity index (χ3n) is 7.34. The summed E-state index contributed by atoms with van der Waals surface area (Å²) < 4.78 is 0. The Morgan fingerprint density at radius 3 is 2.22 bits per heavy atom. The van der Waals surface area contributed by atoms with Gasteiger partial charge in [-0.3, -0.25) is 10.2 Å². The van der Waals surface area contributed by atoms with Crippen LogP contribution in [0.4, 0.5) is 0 Å². The van der Waals surface area contributed by atoms with Crippen LogP contribution >= 0.6 is 0 Å². The molecule has 0 aromatic carbocycles. The fourth-order valence-corrected chi connectivity index (χ4v) is 6.31. The zero-order valence-electron chi connectivity index (χ0n) is 17.3. The van der Waals surface area contributed by atoms with E-state index in [2.05, 4.69) is 72.5 Å². The molecule has 0 spiro atoms. The van der Waals surface area contributed by atoms with Crippen LogP contribution in [0.15, 0.2) is 0 Å². The van der Waals surface area contributed by atoms with Gasteiger partial charge in [-0.15, -0.1) is 0 Å². The first kappa shape index (κ1) is 19.2. The van der Waals surface area contributed by atoms with Crippen LogP contribution in [-0.2, 0) is 0 Å². The molecule has 1 saturated carbocycles. The predicted octanol–water partition coefficient (Wildman–Crippen LogP) is 5.43. The van der Waals surface area contributed by atoms with Crippen molar-refractivity contribution in [1.29, 1.82) is 0 Å². The number of nitrogens with one attached hydrogen (secondary N) is 1. The molecule has 0 radical (unpaired) electrons. The maximum absolute atomic E-state index is 4.08. The Kier molecular flexibility index (Phi) is 5.30. The molecule has 1 heterocycles. The topological polar surface area (TPSA) is 15.3 Å². The van der Waals surface area contributed by atoms with Crippen molar-refractivity contribution in [2.24, 2.45) is 17.3 Å². The predicted molar refractivity (Wildman–Crippen MR) is 102 cm³/mol. The molecule has 0 bridgehead atoms. The average Bonchev–Trinajstić information content (AvgIpc) is 2.73. The van der Waals surface area contributed by atoms with Crippen LogP contribution in [0.3, 0.4) is 0 Å². The molecule has 1 aliphatic heterocycles. The third kappa shape index (κ3) is 3.11. The van der Waals surface area contributed by atoms with Gasteiger partial charge in [0.2, 0.25) is 0 Å². The lowest BCUT2D eigenvalue weighted by Gasteiger charge is -2.53. The first-order valence-electron chi connectivity index (χ1n) is 10.1. The summed E-state index contributed by atoms with van der Waals surface area (Å²) in [5.74, 6) is 1.47. The summed E-state index contributed by atoms with van der Waals surface area (Å²) in [6, 6.07) is 0.683. The van der Waals surface area contributed by atoms with Gasteiger partial charge in [0.15, 0.2) is 0 Å². The van der Waals surface area contributed by atoms with Crippen molar-refractivity contribution in [2.45, 2.75) is 118 Å². The second kappa shape index (κ2) is 6.33. The minimum Gasteiger partial charge on any atom is -0.295 e. The molecule has 2 rings (SSSR count). The van der Waals surface area contributed by atoms with E-state index < -0.39 is 0 Å². The molecule has 5 atom stereocenters. The lowest BCUT2D eigenvalue weighted by molar-refractivity contribution is -0.0428. The van der Waals surface area contributed by atoms with Crippen molar-refractivity contribution in [3.63, 3.8) is 0 Å². The quantitative estimate of drug-likeness (QED) is 0.743. The highest BCUT2D eigenvalue weighted by molar-refractivity contribution is 5.14. The van der Waals surface area contributed by atoms with Gasteiger partial charge in [0.1, 0.15) is 0 Å². The third-order valence-corrected chi connectivity index (χ3v) is 7.34. The van der Waals surface area contributed by atoms with Crippen LogP contribution in [0, 0.1) is 17.3 Å². The lowest BCUT2D eigenvalue weighted by Crippen LogP contribution is -2.61. The van der Waals surface area contributed by atoms with Crippen LogP contribution in [0.2, 0.25) is 0 Å². The highest BCUT2D eigenvalue weighted by Gasteiger charge is 2.57. The fourth-order valence-electron chi connectivity index (χ4n) is 6.31. The number of hydrogen-bond donors (Lipinski definition) is 1. The summed E-state index contributed by atoms with van der Waals surface area (Å²) in [6.45, 7) is 22.0. The highest BCUT2D eigenvalue weighted by atomic mass is 15.4. The van der Waals surface area contributed by atoms with Crippen LogP contribution in [0.5, 0.6) is 0 Å². The van der Waals surface area contributed by atoms with Crippen LogP contribution in [0.25, 0.3) is 0 Å². The molecule has 1 aliphatic carbocycles. The molecule has 1 N–H and O–H groups in total. The van der Waals surface area contributed by atoms with Gasteiger partial charge in [-0.2, -0.15) is 0 Å². The number of hydrogen-bond acceptors (Lipinski definition) is 2. The molecular formula is C21H42N2. The number of fused-ring (bicyclic) bond motifs is 1. The zero-order valence-corrected chi connectivity index (χ0v) is 17.3. The lowest BCUT2D eigenvalue weighted by atomic mass is 9.66. The number of rotatable bonds is 4. The Labute approximate surface area is 145 Å². The minimum atomic E-state index is 0.222. The average molecular weight is 323 g/mol. The summed E-state index contributed by atoms with van der Waals surface area (Å²) in [5.41, 5.74) is 0.850. The zero-order chi connectivity index (χ0) is 17.6. The highest BCUT2D eigenvalue weighted by Crippen LogP contribution is 2.49. The monoisotopic (exact) mass is 322 g/mol. The van der Waals surface area contributed by atoms with Gasteiger partial charge in [-0.05, 0) is 57.3 Å². The molecule has 1 saturated heterocycles. The Bertz CT molecular complexity index is 409. The smallest absolute Gasteiger partial charge is 0.0607 e. The molecule has 2 aliphatic rings. The van der Waals surface area contributed by atoms with E-state index >= 15 is 0 Å². The summed E-state index contributed by atoms with van der Waals surface area (Å²) in [7, 11) is 0.